The van der Waals surface area contributed by atoms with E-state index < -0.39 is 0 Å². The fourth-order valence-electron chi connectivity index (χ4n) is 2.56. The highest BCUT2D eigenvalue weighted by atomic mass is 16.6. The zero-order valence-electron chi connectivity index (χ0n) is 11.7. The fourth-order valence-corrected chi connectivity index (χ4v) is 2.56. The third-order valence-corrected chi connectivity index (χ3v) is 3.22. The van der Waals surface area contributed by atoms with Crippen molar-refractivity contribution in [2.75, 3.05) is 0 Å². The Labute approximate surface area is 107 Å². The average Bonchev–Trinajstić information content (AvgIpc) is 2.54. The van der Waals surface area contributed by atoms with E-state index in [1.54, 1.807) is 11.6 Å². The molecule has 6 heteroatoms. The number of aromatic nitrogens is 2. The Morgan fingerprint density at radius 1 is 1.44 bits per heavy atom. The van der Waals surface area contributed by atoms with Crippen LogP contribution in [-0.2, 0) is 6.54 Å². The molecule has 0 aliphatic heterocycles. The predicted molar refractivity (Wildman–Crippen MR) is 70.5 cm³/mol. The van der Waals surface area contributed by atoms with Crippen LogP contribution in [-0.4, -0.2) is 20.7 Å². The first-order valence-electron chi connectivity index (χ1n) is 6.28. The maximum absolute atomic E-state index is 11.2. The average molecular weight is 254 g/mol. The summed E-state index contributed by atoms with van der Waals surface area (Å²) in [7, 11) is 0. The summed E-state index contributed by atoms with van der Waals surface area (Å²) in [6.07, 6.45) is 0. The van der Waals surface area contributed by atoms with Crippen LogP contribution in [0.1, 0.15) is 45.0 Å². The third-order valence-electron chi connectivity index (χ3n) is 3.22. The van der Waals surface area contributed by atoms with Gasteiger partial charge in [0, 0.05) is 18.5 Å². The van der Waals surface area contributed by atoms with Gasteiger partial charge in [-0.05, 0) is 26.7 Å². The summed E-state index contributed by atoms with van der Waals surface area (Å²) in [5.41, 5.74) is 7.24. The minimum Gasteiger partial charge on any atom is -0.327 e. The molecule has 0 saturated carbocycles. The van der Waals surface area contributed by atoms with E-state index in [0.717, 1.165) is 0 Å². The summed E-state index contributed by atoms with van der Waals surface area (Å²) < 4.78 is 1.71. The summed E-state index contributed by atoms with van der Waals surface area (Å²) >= 11 is 0. The van der Waals surface area contributed by atoms with Gasteiger partial charge in [0.05, 0.1) is 4.92 Å². The molecule has 0 fully saturated rings. The molecule has 1 rings (SSSR count). The number of nitro groups is 1. The van der Waals surface area contributed by atoms with Crippen molar-refractivity contribution in [2.45, 2.75) is 53.1 Å². The number of rotatable bonds is 5. The van der Waals surface area contributed by atoms with Crippen LogP contribution in [0, 0.1) is 23.0 Å². The summed E-state index contributed by atoms with van der Waals surface area (Å²) in [4.78, 5) is 10.9. The largest absolute Gasteiger partial charge is 0.327 e. The van der Waals surface area contributed by atoms with E-state index in [9.17, 15) is 10.1 Å². The topological polar surface area (TPSA) is 87.0 Å². The Kier molecular flexibility index (Phi) is 4.45. The Balaban J connectivity index is 3.48. The molecule has 6 nitrogen and oxygen atoms in total. The smallest absolute Gasteiger partial charge is 0.313 e. The van der Waals surface area contributed by atoms with Gasteiger partial charge < -0.3 is 5.73 Å². The second-order valence-electron chi connectivity index (χ2n) is 5.02. The van der Waals surface area contributed by atoms with Crippen LogP contribution >= 0.6 is 0 Å². The quantitative estimate of drug-likeness (QED) is 0.644. The number of hydrogen-bond donors (Lipinski definition) is 1. The summed E-state index contributed by atoms with van der Waals surface area (Å²) in [6, 6.07) is -0.148. The molecule has 0 aliphatic carbocycles. The molecular formula is C12H22N4O2. The van der Waals surface area contributed by atoms with E-state index >= 15 is 0 Å². The highest BCUT2D eigenvalue weighted by molar-refractivity contribution is 5.43. The van der Waals surface area contributed by atoms with Gasteiger partial charge in [0.2, 0.25) is 0 Å². The number of aryl methyl sites for hydroxylation is 2. The standard InChI is InChI=1S/C12H22N4O2/c1-6-15-12(10(7(2)3)8(4)13)11(16(17)18)9(5)14-15/h7-8,10H,6,13H2,1-5H3. The number of nitrogens with zero attached hydrogens (tertiary/aromatic N) is 3. The van der Waals surface area contributed by atoms with Gasteiger partial charge in [-0.2, -0.15) is 5.10 Å². The molecule has 1 aromatic heterocycles. The van der Waals surface area contributed by atoms with Gasteiger partial charge in [0.25, 0.3) is 0 Å². The van der Waals surface area contributed by atoms with Crippen molar-refractivity contribution in [2.24, 2.45) is 11.7 Å². The zero-order chi connectivity index (χ0) is 14.0. The predicted octanol–water partition coefficient (Wildman–Crippen LogP) is 2.21. The minimum absolute atomic E-state index is 0.0634. The molecule has 102 valence electrons. The molecule has 0 spiro atoms. The van der Waals surface area contributed by atoms with Crippen molar-refractivity contribution in [1.29, 1.82) is 0 Å². The van der Waals surface area contributed by atoms with Crippen LogP contribution in [0.2, 0.25) is 0 Å². The molecule has 1 aromatic rings. The first-order chi connectivity index (χ1) is 8.31. The van der Waals surface area contributed by atoms with Crippen LogP contribution in [0.3, 0.4) is 0 Å². The second-order valence-corrected chi connectivity index (χ2v) is 5.02. The summed E-state index contributed by atoms with van der Waals surface area (Å²) in [6.45, 7) is 10.2. The maximum Gasteiger partial charge on any atom is 0.313 e. The molecular weight excluding hydrogens is 232 g/mol. The second kappa shape index (κ2) is 5.48. The Bertz CT molecular complexity index is 430. The highest BCUT2D eigenvalue weighted by Crippen LogP contribution is 2.35. The van der Waals surface area contributed by atoms with Gasteiger partial charge in [0.15, 0.2) is 0 Å². The van der Waals surface area contributed by atoms with E-state index in [1.807, 2.05) is 27.7 Å². The van der Waals surface area contributed by atoms with Crippen LogP contribution < -0.4 is 5.73 Å². The van der Waals surface area contributed by atoms with Crippen molar-refractivity contribution in [3.05, 3.63) is 21.5 Å². The first kappa shape index (κ1) is 14.6. The van der Waals surface area contributed by atoms with E-state index in [0.29, 0.717) is 17.9 Å². The summed E-state index contributed by atoms with van der Waals surface area (Å²) in [5.74, 6) is 0.164. The molecule has 0 aromatic carbocycles. The van der Waals surface area contributed by atoms with Gasteiger partial charge in [-0.15, -0.1) is 0 Å². The normalized spacial score (nSPS) is 14.8. The number of hydrogen-bond acceptors (Lipinski definition) is 4. The molecule has 2 N–H and O–H groups in total. The SMILES string of the molecule is CCn1nc(C)c([N+](=O)[O-])c1C(C(C)C)C(C)N. The molecule has 18 heavy (non-hydrogen) atoms. The lowest BCUT2D eigenvalue weighted by atomic mass is 9.86. The van der Waals surface area contributed by atoms with Crippen molar-refractivity contribution >= 4 is 5.69 Å². The van der Waals surface area contributed by atoms with E-state index in [1.165, 1.54) is 0 Å². The van der Waals surface area contributed by atoms with Crippen molar-refractivity contribution < 1.29 is 4.92 Å². The van der Waals surface area contributed by atoms with E-state index in [2.05, 4.69) is 5.10 Å². The lowest BCUT2D eigenvalue weighted by Gasteiger charge is -2.24. The molecule has 2 unspecified atom stereocenters. The Hall–Kier alpha value is -1.43. The van der Waals surface area contributed by atoms with Gasteiger partial charge >= 0.3 is 5.69 Å². The number of nitrogens with two attached hydrogens (primary N) is 1. The van der Waals surface area contributed by atoms with Gasteiger partial charge in [-0.1, -0.05) is 13.8 Å². The summed E-state index contributed by atoms with van der Waals surface area (Å²) in [5, 5.41) is 15.5. The maximum atomic E-state index is 11.2. The van der Waals surface area contributed by atoms with Gasteiger partial charge in [-0.3, -0.25) is 14.8 Å². The monoisotopic (exact) mass is 254 g/mol. The molecule has 1 heterocycles. The third kappa shape index (κ3) is 2.53. The van der Waals surface area contributed by atoms with Crippen molar-refractivity contribution in [3.8, 4) is 0 Å². The first-order valence-corrected chi connectivity index (χ1v) is 6.28. The Morgan fingerprint density at radius 2 is 2.00 bits per heavy atom. The van der Waals surface area contributed by atoms with E-state index in [-0.39, 0.29) is 28.5 Å². The van der Waals surface area contributed by atoms with E-state index in [4.69, 9.17) is 5.73 Å². The molecule has 0 bridgehead atoms. The molecule has 0 radical (unpaired) electrons. The lowest BCUT2D eigenvalue weighted by molar-refractivity contribution is -0.386. The Morgan fingerprint density at radius 3 is 2.33 bits per heavy atom. The fraction of sp³-hybridized carbons (Fsp3) is 0.750. The molecule has 0 saturated heterocycles. The van der Waals surface area contributed by atoms with Crippen molar-refractivity contribution in [1.82, 2.24) is 9.78 Å². The van der Waals surface area contributed by atoms with Crippen LogP contribution in [0.25, 0.3) is 0 Å². The van der Waals surface area contributed by atoms with Crippen LogP contribution in [0.15, 0.2) is 0 Å². The van der Waals surface area contributed by atoms with Crippen LogP contribution in [0.5, 0.6) is 0 Å². The minimum atomic E-state index is -0.346. The lowest BCUT2D eigenvalue weighted by Crippen LogP contribution is -2.31. The highest BCUT2D eigenvalue weighted by Gasteiger charge is 2.34. The van der Waals surface area contributed by atoms with Crippen LogP contribution in [0.4, 0.5) is 5.69 Å². The van der Waals surface area contributed by atoms with Crippen molar-refractivity contribution in [3.63, 3.8) is 0 Å². The molecule has 2 atom stereocenters. The molecule has 0 aliphatic rings. The van der Waals surface area contributed by atoms with Gasteiger partial charge in [-0.25, -0.2) is 0 Å². The van der Waals surface area contributed by atoms with Gasteiger partial charge in [0.1, 0.15) is 11.4 Å². The zero-order valence-corrected chi connectivity index (χ0v) is 11.7. The molecule has 0 amide bonds.